The number of nitrogens with one attached hydrogen (secondary N) is 2. The number of fused-ring (bicyclic) bond motifs is 3. The van der Waals surface area contributed by atoms with Crippen molar-refractivity contribution in [3.8, 4) is 0 Å². The van der Waals surface area contributed by atoms with Gasteiger partial charge in [-0.2, -0.15) is 0 Å². The molecule has 1 fully saturated rings. The van der Waals surface area contributed by atoms with Crippen LogP contribution in [0.15, 0.2) is 36.4 Å². The Kier molecular flexibility index (Phi) is 7.22. The van der Waals surface area contributed by atoms with E-state index < -0.39 is 42.8 Å². The number of H-pyrrole nitrogens is 1. The summed E-state index contributed by atoms with van der Waals surface area (Å²) in [7, 11) is 0. The Balaban J connectivity index is 1.50. The topological polar surface area (TPSA) is 54.5 Å². The fraction of sp³-hybridized carbons (Fsp3) is 0.500. The molecule has 2 aliphatic rings. The molecule has 0 radical (unpaired) electrons. The number of alkyl halides is 2. The average molecular weight is 519 g/mol. The molecule has 1 aromatic heterocycles. The maximum Gasteiger partial charge on any atom is 0.283 e. The van der Waals surface area contributed by atoms with Crippen LogP contribution in [0.2, 0.25) is 0 Å². The van der Waals surface area contributed by atoms with Crippen LogP contribution in [0.25, 0.3) is 10.9 Å². The number of para-hydroxylation sites is 1. The van der Waals surface area contributed by atoms with Crippen molar-refractivity contribution in [2.24, 2.45) is 0 Å². The maximum absolute atomic E-state index is 15.7. The molecule has 9 heteroatoms. The van der Waals surface area contributed by atoms with Crippen molar-refractivity contribution >= 4 is 16.6 Å². The zero-order valence-corrected chi connectivity index (χ0v) is 21.2. The van der Waals surface area contributed by atoms with Crippen LogP contribution in [0.4, 0.5) is 23.2 Å². The minimum atomic E-state index is -3.42. The molecule has 3 aromatic rings. The van der Waals surface area contributed by atoms with E-state index in [1.54, 1.807) is 6.92 Å². The molecule has 0 aliphatic carbocycles. The zero-order chi connectivity index (χ0) is 26.3. The summed E-state index contributed by atoms with van der Waals surface area (Å²) in [6.45, 7) is 4.39. The van der Waals surface area contributed by atoms with Crippen molar-refractivity contribution in [2.45, 2.75) is 57.2 Å². The van der Waals surface area contributed by atoms with Crippen molar-refractivity contribution in [3.63, 3.8) is 0 Å². The first-order valence-electron chi connectivity index (χ1n) is 13.0. The summed E-state index contributed by atoms with van der Waals surface area (Å²) >= 11 is 0. The third kappa shape index (κ3) is 5.09. The highest BCUT2D eigenvalue weighted by atomic mass is 19.3. The molecule has 5 rings (SSSR count). The van der Waals surface area contributed by atoms with Gasteiger partial charge in [0.1, 0.15) is 18.2 Å². The van der Waals surface area contributed by atoms with Crippen LogP contribution in [0.3, 0.4) is 0 Å². The highest BCUT2D eigenvalue weighted by molar-refractivity contribution is 5.85. The van der Waals surface area contributed by atoms with E-state index in [-0.39, 0.29) is 11.6 Å². The van der Waals surface area contributed by atoms with Gasteiger partial charge in [-0.3, -0.25) is 9.80 Å². The van der Waals surface area contributed by atoms with Gasteiger partial charge in [0.25, 0.3) is 5.92 Å². The number of nitrogens with zero attached hydrogens (tertiary/aromatic N) is 2. The normalized spacial score (nSPS) is 21.3. The maximum atomic E-state index is 15.7. The van der Waals surface area contributed by atoms with E-state index >= 15 is 8.78 Å². The molecular formula is C28H34F4N4O. The lowest BCUT2D eigenvalue weighted by molar-refractivity contribution is -0.0869. The summed E-state index contributed by atoms with van der Waals surface area (Å²) in [6.07, 6.45) is 2.67. The molecule has 2 aliphatic heterocycles. The summed E-state index contributed by atoms with van der Waals surface area (Å²) in [5.41, 5.74) is 2.25. The first-order chi connectivity index (χ1) is 17.7. The van der Waals surface area contributed by atoms with Gasteiger partial charge in [-0.25, -0.2) is 17.6 Å². The molecule has 0 bridgehead atoms. The van der Waals surface area contributed by atoms with E-state index in [2.05, 4.69) is 22.1 Å². The third-order valence-corrected chi connectivity index (χ3v) is 7.67. The van der Waals surface area contributed by atoms with Crippen molar-refractivity contribution in [1.82, 2.24) is 14.8 Å². The van der Waals surface area contributed by atoms with Gasteiger partial charge in [0.05, 0.1) is 18.6 Å². The van der Waals surface area contributed by atoms with E-state index in [1.165, 1.54) is 17.0 Å². The zero-order valence-electron chi connectivity index (χ0n) is 21.2. The number of hydrogen-bond acceptors (Lipinski definition) is 4. The lowest BCUT2D eigenvalue weighted by Gasteiger charge is -2.42. The van der Waals surface area contributed by atoms with Crippen molar-refractivity contribution in [1.29, 1.82) is 0 Å². The Morgan fingerprint density at radius 3 is 2.51 bits per heavy atom. The third-order valence-electron chi connectivity index (χ3n) is 7.67. The van der Waals surface area contributed by atoms with Gasteiger partial charge in [-0.05, 0) is 50.1 Å². The highest BCUT2D eigenvalue weighted by Crippen LogP contribution is 2.43. The number of aromatic nitrogens is 1. The van der Waals surface area contributed by atoms with Crippen LogP contribution in [-0.2, 0) is 6.42 Å². The van der Waals surface area contributed by atoms with Gasteiger partial charge in [-0.1, -0.05) is 31.5 Å². The molecule has 1 saturated heterocycles. The Labute approximate surface area is 214 Å². The number of likely N-dealkylation sites (tertiary alicyclic amines) is 1. The standard InChI is InChI=1S/C28H34F4N4O/c1-3-4-9-35-13-19(14-35)33-18-11-22(29)25(23(30)12-18)27-26-21(20-7-5-6-8-24(20)34-26)10-17(2)36(27)15-28(31,32)16-37/h5-8,11-12,17,19,27,33-34,37H,3-4,9-10,13-16H2,1-2H3/t17-,27?/m1/s1. The summed E-state index contributed by atoms with van der Waals surface area (Å²) in [5, 5.41) is 13.4. The first-order valence-corrected chi connectivity index (χ1v) is 13.0. The first kappa shape index (κ1) is 26.0. The number of aliphatic hydroxyl groups excluding tert-OH is 1. The summed E-state index contributed by atoms with van der Waals surface area (Å²) < 4.78 is 60.3. The molecule has 2 aromatic carbocycles. The molecular weight excluding hydrogens is 484 g/mol. The van der Waals surface area contributed by atoms with E-state index in [0.717, 1.165) is 48.9 Å². The van der Waals surface area contributed by atoms with Crippen LogP contribution in [-0.4, -0.2) is 70.7 Å². The molecule has 5 nitrogen and oxygen atoms in total. The van der Waals surface area contributed by atoms with E-state index in [0.29, 0.717) is 17.8 Å². The van der Waals surface area contributed by atoms with Gasteiger partial charge in [-0.15, -0.1) is 0 Å². The highest BCUT2D eigenvalue weighted by Gasteiger charge is 2.43. The second-order valence-electron chi connectivity index (χ2n) is 10.5. The predicted octanol–water partition coefficient (Wildman–Crippen LogP) is 5.31. The molecule has 1 unspecified atom stereocenters. The van der Waals surface area contributed by atoms with Gasteiger partial charge in [0, 0.05) is 47.0 Å². The lowest BCUT2D eigenvalue weighted by Crippen LogP contribution is -2.54. The number of rotatable bonds is 9. The number of aliphatic hydroxyl groups is 1. The molecule has 0 spiro atoms. The van der Waals surface area contributed by atoms with Crippen molar-refractivity contribution < 1.29 is 22.7 Å². The molecule has 0 saturated carbocycles. The largest absolute Gasteiger partial charge is 0.390 e. The van der Waals surface area contributed by atoms with E-state index in [9.17, 15) is 13.9 Å². The SMILES string of the molecule is CCCCN1CC(Nc2cc(F)c(C3c4[nH]c5ccccc5c4C[C@@H](C)N3CC(F)(F)CO)c(F)c2)C1. The summed E-state index contributed by atoms with van der Waals surface area (Å²) in [5.74, 6) is -4.99. The number of anilines is 1. The fourth-order valence-electron chi connectivity index (χ4n) is 5.77. The number of hydrogen-bond donors (Lipinski definition) is 3. The van der Waals surface area contributed by atoms with Gasteiger partial charge in [0.2, 0.25) is 0 Å². The lowest BCUT2D eigenvalue weighted by atomic mass is 9.87. The summed E-state index contributed by atoms with van der Waals surface area (Å²) in [4.78, 5) is 6.95. The number of halogens is 4. The van der Waals surface area contributed by atoms with E-state index in [4.69, 9.17) is 0 Å². The van der Waals surface area contributed by atoms with Crippen molar-refractivity contribution in [3.05, 3.63) is 64.9 Å². The molecule has 3 N–H and O–H groups in total. The van der Waals surface area contributed by atoms with Gasteiger partial charge >= 0.3 is 0 Å². The molecule has 0 amide bonds. The fourth-order valence-corrected chi connectivity index (χ4v) is 5.77. The van der Waals surface area contributed by atoms with Crippen LogP contribution in [0.1, 0.15) is 49.6 Å². The van der Waals surface area contributed by atoms with Crippen LogP contribution >= 0.6 is 0 Å². The van der Waals surface area contributed by atoms with Crippen molar-refractivity contribution in [2.75, 3.05) is 38.1 Å². The van der Waals surface area contributed by atoms with Gasteiger partial charge in [0.15, 0.2) is 0 Å². The molecule has 200 valence electrons. The van der Waals surface area contributed by atoms with E-state index in [1.807, 2.05) is 24.3 Å². The molecule has 3 heterocycles. The predicted molar refractivity (Wildman–Crippen MR) is 137 cm³/mol. The number of unbranched alkanes of at least 4 members (excludes halogenated alkanes) is 1. The van der Waals surface area contributed by atoms with Crippen LogP contribution in [0, 0.1) is 11.6 Å². The minimum absolute atomic E-state index is 0.108. The number of aromatic amines is 1. The Hall–Kier alpha value is -2.62. The number of benzene rings is 2. The minimum Gasteiger partial charge on any atom is -0.390 e. The second-order valence-corrected chi connectivity index (χ2v) is 10.5. The second kappa shape index (κ2) is 10.3. The Bertz CT molecular complexity index is 1230. The molecule has 37 heavy (non-hydrogen) atoms. The molecule has 2 atom stereocenters. The smallest absolute Gasteiger partial charge is 0.283 e. The summed E-state index contributed by atoms with van der Waals surface area (Å²) in [6, 6.07) is 8.63. The van der Waals surface area contributed by atoms with Crippen LogP contribution in [0.5, 0.6) is 0 Å². The van der Waals surface area contributed by atoms with Gasteiger partial charge < -0.3 is 15.4 Å². The Morgan fingerprint density at radius 1 is 1.14 bits per heavy atom. The monoisotopic (exact) mass is 518 g/mol. The Morgan fingerprint density at radius 2 is 1.84 bits per heavy atom. The quantitative estimate of drug-likeness (QED) is 0.336. The average Bonchev–Trinajstić information content (AvgIpc) is 3.19. The van der Waals surface area contributed by atoms with Crippen LogP contribution < -0.4 is 5.32 Å².